The maximum Gasteiger partial charge on any atom is 0.226 e. The quantitative estimate of drug-likeness (QED) is 0.872. The first-order chi connectivity index (χ1) is 13.6. The lowest BCUT2D eigenvalue weighted by molar-refractivity contribution is -0.129. The van der Waals surface area contributed by atoms with Gasteiger partial charge in [-0.05, 0) is 42.2 Å². The molecule has 0 bridgehead atoms. The third-order valence-electron chi connectivity index (χ3n) is 5.47. The Morgan fingerprint density at radius 2 is 1.75 bits per heavy atom. The summed E-state index contributed by atoms with van der Waals surface area (Å²) in [6.45, 7) is 3.57. The van der Waals surface area contributed by atoms with E-state index in [0.29, 0.717) is 0 Å². The molecule has 1 saturated heterocycles. The third-order valence-corrected chi connectivity index (χ3v) is 5.47. The second kappa shape index (κ2) is 7.89. The SMILES string of the molecule is CC(=O)N1C=Cc2ccccc2[C@H]1CC(=O)Nc1ccccc1N1CCCC1. The topological polar surface area (TPSA) is 52.7 Å². The van der Waals surface area contributed by atoms with Gasteiger partial charge in [0.1, 0.15) is 0 Å². The highest BCUT2D eigenvalue weighted by Crippen LogP contribution is 2.34. The number of para-hydroxylation sites is 2. The Morgan fingerprint density at radius 3 is 2.54 bits per heavy atom. The van der Waals surface area contributed by atoms with E-state index in [1.54, 1.807) is 11.1 Å². The number of carbonyl (C=O) groups excluding carboxylic acids is 2. The molecule has 144 valence electrons. The van der Waals surface area contributed by atoms with E-state index in [0.717, 1.165) is 35.6 Å². The van der Waals surface area contributed by atoms with Crippen molar-refractivity contribution in [2.24, 2.45) is 0 Å². The summed E-state index contributed by atoms with van der Waals surface area (Å²) in [5.41, 5.74) is 3.96. The third kappa shape index (κ3) is 3.65. The van der Waals surface area contributed by atoms with Gasteiger partial charge in [-0.15, -0.1) is 0 Å². The van der Waals surface area contributed by atoms with Gasteiger partial charge < -0.3 is 15.1 Å². The van der Waals surface area contributed by atoms with E-state index < -0.39 is 0 Å². The van der Waals surface area contributed by atoms with Gasteiger partial charge in [-0.3, -0.25) is 9.59 Å². The second-order valence-electron chi connectivity index (χ2n) is 7.35. The van der Waals surface area contributed by atoms with Crippen LogP contribution in [0.4, 0.5) is 11.4 Å². The van der Waals surface area contributed by atoms with Gasteiger partial charge >= 0.3 is 0 Å². The van der Waals surface area contributed by atoms with Crippen LogP contribution >= 0.6 is 0 Å². The second-order valence-corrected chi connectivity index (χ2v) is 7.35. The molecule has 0 radical (unpaired) electrons. The molecule has 1 N–H and O–H groups in total. The van der Waals surface area contributed by atoms with E-state index in [1.165, 1.54) is 19.8 Å². The summed E-state index contributed by atoms with van der Waals surface area (Å²) in [6.07, 6.45) is 6.28. The van der Waals surface area contributed by atoms with Crippen LogP contribution in [-0.4, -0.2) is 29.8 Å². The summed E-state index contributed by atoms with van der Waals surface area (Å²) in [5, 5.41) is 3.08. The van der Waals surface area contributed by atoms with Crippen molar-refractivity contribution in [3.05, 3.63) is 65.9 Å². The number of hydrogen-bond donors (Lipinski definition) is 1. The zero-order valence-corrected chi connectivity index (χ0v) is 16.1. The smallest absolute Gasteiger partial charge is 0.226 e. The van der Waals surface area contributed by atoms with Gasteiger partial charge in [-0.2, -0.15) is 0 Å². The van der Waals surface area contributed by atoms with Crippen LogP contribution in [0.2, 0.25) is 0 Å². The van der Waals surface area contributed by atoms with Crippen molar-refractivity contribution in [1.29, 1.82) is 0 Å². The van der Waals surface area contributed by atoms with Crippen LogP contribution in [0.25, 0.3) is 6.08 Å². The van der Waals surface area contributed by atoms with Gasteiger partial charge in [0.05, 0.1) is 23.8 Å². The Bertz CT molecular complexity index is 916. The van der Waals surface area contributed by atoms with Gasteiger partial charge in [0.2, 0.25) is 11.8 Å². The molecule has 4 rings (SSSR count). The van der Waals surface area contributed by atoms with Gasteiger partial charge in [0, 0.05) is 26.2 Å². The van der Waals surface area contributed by atoms with E-state index in [2.05, 4.69) is 16.3 Å². The average molecular weight is 375 g/mol. The molecule has 2 amide bonds. The number of rotatable bonds is 4. The molecule has 1 atom stereocenters. The van der Waals surface area contributed by atoms with E-state index in [-0.39, 0.29) is 24.3 Å². The van der Waals surface area contributed by atoms with E-state index >= 15 is 0 Å². The minimum absolute atomic E-state index is 0.0685. The minimum Gasteiger partial charge on any atom is -0.370 e. The number of amides is 2. The molecule has 28 heavy (non-hydrogen) atoms. The summed E-state index contributed by atoms with van der Waals surface area (Å²) in [4.78, 5) is 29.0. The van der Waals surface area contributed by atoms with Crippen LogP contribution in [0.5, 0.6) is 0 Å². The summed E-state index contributed by atoms with van der Waals surface area (Å²) in [7, 11) is 0. The van der Waals surface area contributed by atoms with Crippen LogP contribution in [-0.2, 0) is 9.59 Å². The van der Waals surface area contributed by atoms with Crippen LogP contribution < -0.4 is 10.2 Å². The molecule has 0 spiro atoms. The average Bonchev–Trinajstić information content (AvgIpc) is 3.23. The van der Waals surface area contributed by atoms with E-state index in [1.807, 2.05) is 48.5 Å². The molecule has 2 aromatic carbocycles. The normalized spacial score (nSPS) is 18.1. The highest BCUT2D eigenvalue weighted by atomic mass is 16.2. The fourth-order valence-corrected chi connectivity index (χ4v) is 4.10. The molecule has 5 nitrogen and oxygen atoms in total. The maximum atomic E-state index is 12.9. The molecule has 0 unspecified atom stereocenters. The largest absolute Gasteiger partial charge is 0.370 e. The molecule has 2 heterocycles. The zero-order valence-electron chi connectivity index (χ0n) is 16.1. The highest BCUT2D eigenvalue weighted by molar-refractivity contribution is 5.95. The van der Waals surface area contributed by atoms with Crippen LogP contribution in [0.3, 0.4) is 0 Å². The number of benzene rings is 2. The first kappa shape index (κ1) is 18.3. The Labute approximate surface area is 165 Å². The van der Waals surface area contributed by atoms with Gasteiger partial charge in [-0.25, -0.2) is 0 Å². The molecule has 1 fully saturated rings. The van der Waals surface area contributed by atoms with E-state index in [9.17, 15) is 9.59 Å². The van der Waals surface area contributed by atoms with Gasteiger partial charge in [0.15, 0.2) is 0 Å². The Kier molecular flexibility index (Phi) is 5.15. The first-order valence-electron chi connectivity index (χ1n) is 9.83. The Balaban J connectivity index is 1.55. The predicted octanol–water partition coefficient (Wildman–Crippen LogP) is 4.19. The van der Waals surface area contributed by atoms with Crippen LogP contribution in [0.15, 0.2) is 54.7 Å². The summed E-state index contributed by atoms with van der Waals surface area (Å²) in [6, 6.07) is 15.6. The maximum absolute atomic E-state index is 12.9. The van der Waals surface area contributed by atoms with Crippen molar-refractivity contribution in [3.8, 4) is 0 Å². The summed E-state index contributed by atoms with van der Waals surface area (Å²) >= 11 is 0. The van der Waals surface area contributed by atoms with E-state index in [4.69, 9.17) is 0 Å². The molecular formula is C23H25N3O2. The molecule has 0 saturated carbocycles. The van der Waals surface area contributed by atoms with Gasteiger partial charge in [0.25, 0.3) is 0 Å². The molecule has 2 aliphatic heterocycles. The van der Waals surface area contributed by atoms with Crippen molar-refractivity contribution >= 4 is 29.3 Å². The molecule has 5 heteroatoms. The predicted molar refractivity (Wildman–Crippen MR) is 112 cm³/mol. The van der Waals surface area contributed by atoms with Gasteiger partial charge in [-0.1, -0.05) is 36.4 Å². The fraction of sp³-hybridized carbons (Fsp3) is 0.304. The number of carbonyl (C=O) groups is 2. The lowest BCUT2D eigenvalue weighted by atomic mass is 9.93. The monoisotopic (exact) mass is 375 g/mol. The number of hydrogen-bond acceptors (Lipinski definition) is 3. The van der Waals surface area contributed by atoms with Crippen molar-refractivity contribution < 1.29 is 9.59 Å². The highest BCUT2D eigenvalue weighted by Gasteiger charge is 2.28. The number of nitrogens with one attached hydrogen (secondary N) is 1. The fourth-order valence-electron chi connectivity index (χ4n) is 4.10. The van der Waals surface area contributed by atoms with Crippen molar-refractivity contribution in [1.82, 2.24) is 4.90 Å². The molecule has 2 aromatic rings. The zero-order chi connectivity index (χ0) is 19.5. The van der Waals surface area contributed by atoms with Crippen LogP contribution in [0.1, 0.15) is 43.4 Å². The molecule has 0 aliphatic carbocycles. The number of fused-ring (bicyclic) bond motifs is 1. The first-order valence-corrected chi connectivity index (χ1v) is 9.83. The molecule has 2 aliphatic rings. The molecular weight excluding hydrogens is 350 g/mol. The van der Waals surface area contributed by atoms with Crippen molar-refractivity contribution in [3.63, 3.8) is 0 Å². The summed E-state index contributed by atoms with van der Waals surface area (Å²) < 4.78 is 0. The number of anilines is 2. The standard InChI is InChI=1S/C23H25N3O2/c1-17(27)26-15-12-18-8-2-3-9-19(18)22(26)16-23(28)24-20-10-4-5-11-21(20)25-13-6-7-14-25/h2-5,8-12,15,22H,6-7,13-14,16H2,1H3,(H,24,28)/t22-/m1/s1. The Hall–Kier alpha value is -3.08. The Morgan fingerprint density at radius 1 is 1.04 bits per heavy atom. The number of nitrogens with zero attached hydrogens (tertiary/aromatic N) is 2. The minimum atomic E-state index is -0.294. The van der Waals surface area contributed by atoms with Crippen molar-refractivity contribution in [2.45, 2.75) is 32.2 Å². The molecule has 0 aromatic heterocycles. The lowest BCUT2D eigenvalue weighted by Crippen LogP contribution is -2.33. The summed E-state index contributed by atoms with van der Waals surface area (Å²) in [5.74, 6) is -0.158. The van der Waals surface area contributed by atoms with Crippen molar-refractivity contribution in [2.75, 3.05) is 23.3 Å². The van der Waals surface area contributed by atoms with Crippen LogP contribution in [0, 0.1) is 0 Å². The lowest BCUT2D eigenvalue weighted by Gasteiger charge is -2.32.